The van der Waals surface area contributed by atoms with E-state index < -0.39 is 17.4 Å². The van der Waals surface area contributed by atoms with Gasteiger partial charge in [-0.15, -0.1) is 21.6 Å². The lowest BCUT2D eigenvalue weighted by Crippen LogP contribution is -2.05. The molecule has 2 aromatic rings. The number of nitrogens with one attached hydrogen (secondary N) is 1. The molecule has 2 aromatic heterocycles. The summed E-state index contributed by atoms with van der Waals surface area (Å²) in [5.41, 5.74) is -0.747. The number of nitriles is 1. The molecule has 0 aliphatic rings. The molecule has 2 heterocycles. The average molecular weight is 318 g/mol. The molecule has 0 aliphatic carbocycles. The van der Waals surface area contributed by atoms with Crippen molar-refractivity contribution in [2.45, 2.75) is 6.92 Å². The molecular weight excluding hydrogens is 308 g/mol. The number of thiophene rings is 1. The van der Waals surface area contributed by atoms with E-state index in [0.29, 0.717) is 0 Å². The quantitative estimate of drug-likeness (QED) is 0.661. The Balaban J connectivity index is 2.35. The van der Waals surface area contributed by atoms with Crippen LogP contribution in [0.2, 0.25) is 0 Å². The van der Waals surface area contributed by atoms with Crippen LogP contribution in [-0.4, -0.2) is 22.7 Å². The molecule has 112 valence electrons. The Bertz CT molecular complexity index is 831. The van der Waals surface area contributed by atoms with Crippen molar-refractivity contribution < 1.29 is 14.6 Å². The number of hydrogen-bond acceptors (Lipinski definition) is 8. The molecule has 0 unspecified atom stereocenters. The Kier molecular flexibility index (Phi) is 4.65. The van der Waals surface area contributed by atoms with Crippen LogP contribution in [0.1, 0.15) is 22.8 Å². The predicted octanol–water partition coefficient (Wildman–Crippen LogP) is 2.61. The second-order valence-corrected chi connectivity index (χ2v) is 4.81. The Morgan fingerprint density at radius 3 is 3.00 bits per heavy atom. The minimum Gasteiger partial charge on any atom is -0.494 e. The van der Waals surface area contributed by atoms with E-state index >= 15 is 0 Å². The predicted molar refractivity (Wildman–Crippen MR) is 77.9 cm³/mol. The van der Waals surface area contributed by atoms with Crippen molar-refractivity contribution in [3.8, 4) is 11.9 Å². The third-order valence-electron chi connectivity index (χ3n) is 2.51. The van der Waals surface area contributed by atoms with Gasteiger partial charge in [-0.25, -0.2) is 4.79 Å². The first-order valence-corrected chi connectivity index (χ1v) is 6.97. The number of aromatic amines is 1. The minimum absolute atomic E-state index is 0.134. The number of aromatic nitrogens is 1. The van der Waals surface area contributed by atoms with Crippen LogP contribution in [0.15, 0.2) is 32.5 Å². The number of nitrogens with zero attached hydrogens (tertiary/aromatic N) is 3. The molecule has 0 fully saturated rings. The van der Waals surface area contributed by atoms with Gasteiger partial charge in [-0.2, -0.15) is 5.26 Å². The normalized spacial score (nSPS) is 10.5. The van der Waals surface area contributed by atoms with Gasteiger partial charge in [0.1, 0.15) is 11.6 Å². The van der Waals surface area contributed by atoms with E-state index in [0.717, 1.165) is 17.4 Å². The van der Waals surface area contributed by atoms with Crippen molar-refractivity contribution in [3.63, 3.8) is 0 Å². The zero-order valence-corrected chi connectivity index (χ0v) is 12.2. The summed E-state index contributed by atoms with van der Waals surface area (Å²) in [6.07, 6.45) is 0. The molecule has 2 rings (SSSR count). The summed E-state index contributed by atoms with van der Waals surface area (Å²) in [5.74, 6) is -1.06. The lowest BCUT2D eigenvalue weighted by atomic mass is 10.3. The fourth-order valence-corrected chi connectivity index (χ4v) is 2.21. The highest BCUT2D eigenvalue weighted by molar-refractivity contribution is 7.14. The van der Waals surface area contributed by atoms with E-state index in [1.165, 1.54) is 0 Å². The van der Waals surface area contributed by atoms with Crippen LogP contribution in [0.3, 0.4) is 0 Å². The molecule has 0 saturated heterocycles. The molecule has 0 bridgehead atoms. The van der Waals surface area contributed by atoms with Gasteiger partial charge in [0.15, 0.2) is 10.7 Å². The topological polar surface area (TPSA) is 128 Å². The van der Waals surface area contributed by atoms with Gasteiger partial charge in [-0.05, 0) is 24.4 Å². The summed E-state index contributed by atoms with van der Waals surface area (Å²) in [4.78, 5) is 25.4. The maximum absolute atomic E-state index is 11.7. The van der Waals surface area contributed by atoms with Gasteiger partial charge in [0.25, 0.3) is 5.56 Å². The summed E-state index contributed by atoms with van der Waals surface area (Å²) in [5, 5.41) is 27.6. The molecule has 0 saturated carbocycles. The smallest absolute Gasteiger partial charge is 0.341 e. The van der Waals surface area contributed by atoms with Gasteiger partial charge < -0.3 is 9.84 Å². The largest absolute Gasteiger partial charge is 0.494 e. The number of esters is 1. The fraction of sp³-hybridized carbons (Fsp3) is 0.154. The van der Waals surface area contributed by atoms with Crippen LogP contribution in [0.5, 0.6) is 5.88 Å². The summed E-state index contributed by atoms with van der Waals surface area (Å²) in [7, 11) is 0. The fourth-order valence-electron chi connectivity index (χ4n) is 1.51. The second kappa shape index (κ2) is 6.64. The number of hydrogen-bond donors (Lipinski definition) is 2. The summed E-state index contributed by atoms with van der Waals surface area (Å²) in [6.45, 7) is 1.92. The minimum atomic E-state index is -0.700. The van der Waals surface area contributed by atoms with Crippen LogP contribution in [-0.2, 0) is 4.74 Å². The van der Waals surface area contributed by atoms with Gasteiger partial charge in [0, 0.05) is 0 Å². The zero-order valence-electron chi connectivity index (χ0n) is 11.4. The first-order chi connectivity index (χ1) is 10.6. The molecule has 0 atom stereocenters. The number of carbonyl (C=O) groups excluding carboxylic acids is 1. The Morgan fingerprint density at radius 2 is 2.32 bits per heavy atom. The first-order valence-electron chi connectivity index (χ1n) is 6.09. The third-order valence-corrected chi connectivity index (χ3v) is 3.31. The van der Waals surface area contributed by atoms with Crippen molar-refractivity contribution in [3.05, 3.63) is 39.0 Å². The number of rotatable bonds is 4. The highest BCUT2D eigenvalue weighted by atomic mass is 32.1. The van der Waals surface area contributed by atoms with Crippen molar-refractivity contribution >= 4 is 28.0 Å². The molecule has 2 N–H and O–H groups in total. The van der Waals surface area contributed by atoms with E-state index in [4.69, 9.17) is 10.00 Å². The molecule has 8 nitrogen and oxygen atoms in total. The van der Waals surface area contributed by atoms with E-state index in [1.807, 2.05) is 0 Å². The lowest BCUT2D eigenvalue weighted by Gasteiger charge is -1.99. The van der Waals surface area contributed by atoms with Crippen LogP contribution in [0, 0.1) is 11.3 Å². The van der Waals surface area contributed by atoms with Crippen LogP contribution < -0.4 is 5.56 Å². The number of H-pyrrole nitrogens is 1. The van der Waals surface area contributed by atoms with E-state index in [1.54, 1.807) is 24.4 Å². The number of aromatic hydroxyl groups is 1. The van der Waals surface area contributed by atoms with Crippen molar-refractivity contribution in [1.29, 1.82) is 5.26 Å². The Morgan fingerprint density at radius 1 is 1.55 bits per heavy atom. The molecule has 0 radical (unpaired) electrons. The molecule has 0 amide bonds. The van der Waals surface area contributed by atoms with E-state index in [2.05, 4.69) is 15.2 Å². The van der Waals surface area contributed by atoms with E-state index in [9.17, 15) is 14.7 Å². The zero-order chi connectivity index (χ0) is 16.1. The van der Waals surface area contributed by atoms with Gasteiger partial charge in [0.05, 0.1) is 12.2 Å². The SMILES string of the molecule is CCOC(=O)c1ccsc1N=Nc1cc(C#N)c(O)[nH]c1=O. The van der Waals surface area contributed by atoms with Crippen molar-refractivity contribution in [1.82, 2.24) is 4.98 Å². The Hall–Kier alpha value is -2.99. The summed E-state index contributed by atoms with van der Waals surface area (Å²) < 4.78 is 4.88. The molecule has 0 spiro atoms. The molecule has 22 heavy (non-hydrogen) atoms. The van der Waals surface area contributed by atoms with Crippen LogP contribution in [0.4, 0.5) is 10.7 Å². The van der Waals surface area contributed by atoms with Gasteiger partial charge in [0.2, 0.25) is 5.88 Å². The molecule has 9 heteroatoms. The first kappa shape index (κ1) is 15.4. The standard InChI is InChI=1S/C13H10N4O4S/c1-2-21-13(20)8-3-4-22-12(8)17-16-9-5-7(6-14)10(18)15-11(9)19/h3-5H,2H2,1H3,(H2,15,18,19). The number of pyridine rings is 1. The number of azo groups is 1. The highest BCUT2D eigenvalue weighted by Crippen LogP contribution is 2.29. The monoisotopic (exact) mass is 318 g/mol. The van der Waals surface area contributed by atoms with E-state index in [-0.39, 0.29) is 28.4 Å². The average Bonchev–Trinajstić information content (AvgIpc) is 2.95. The van der Waals surface area contributed by atoms with Crippen LogP contribution in [0.25, 0.3) is 0 Å². The van der Waals surface area contributed by atoms with Crippen molar-refractivity contribution in [2.75, 3.05) is 6.61 Å². The van der Waals surface area contributed by atoms with Gasteiger partial charge in [-0.1, -0.05) is 0 Å². The van der Waals surface area contributed by atoms with Gasteiger partial charge >= 0.3 is 5.97 Å². The maximum Gasteiger partial charge on any atom is 0.341 e. The Labute approximate surface area is 128 Å². The number of ether oxygens (including phenoxy) is 1. The third kappa shape index (κ3) is 3.18. The lowest BCUT2D eigenvalue weighted by molar-refractivity contribution is 0.0528. The van der Waals surface area contributed by atoms with Crippen LogP contribution >= 0.6 is 11.3 Å². The molecule has 0 aromatic carbocycles. The van der Waals surface area contributed by atoms with Gasteiger partial charge in [-0.3, -0.25) is 9.78 Å². The van der Waals surface area contributed by atoms with Crippen molar-refractivity contribution in [2.24, 2.45) is 10.2 Å². The molecule has 0 aliphatic heterocycles. The molecular formula is C13H10N4O4S. The highest BCUT2D eigenvalue weighted by Gasteiger charge is 2.14. The summed E-state index contributed by atoms with van der Waals surface area (Å²) in [6, 6.07) is 4.36. The maximum atomic E-state index is 11.7. The summed E-state index contributed by atoms with van der Waals surface area (Å²) >= 11 is 1.15. The second-order valence-electron chi connectivity index (χ2n) is 3.92. The number of carbonyl (C=O) groups is 1.